The highest BCUT2D eigenvalue weighted by Crippen LogP contribution is 2.61. The number of ether oxygens (including phenoxy) is 1. The molecule has 0 radical (unpaired) electrons. The summed E-state index contributed by atoms with van der Waals surface area (Å²) in [4.78, 5) is 15.4. The van der Waals surface area contributed by atoms with Gasteiger partial charge in [-0.1, -0.05) is 24.3 Å². The van der Waals surface area contributed by atoms with Crippen LogP contribution in [-0.4, -0.2) is 36.7 Å². The fraction of sp³-hybridized carbons (Fsp3) is 0.519. The molecule has 2 aromatic carbocycles. The van der Waals surface area contributed by atoms with Gasteiger partial charge in [-0.3, -0.25) is 4.90 Å². The minimum atomic E-state index is -4.35. The first-order valence-electron chi connectivity index (χ1n) is 12.3. The number of amides is 1. The first-order chi connectivity index (χ1) is 16.3. The number of fused-ring (bicyclic) bond motifs is 4. The van der Waals surface area contributed by atoms with Crippen molar-refractivity contribution in [2.45, 2.75) is 56.8 Å². The van der Waals surface area contributed by atoms with Gasteiger partial charge < -0.3 is 10.1 Å². The Labute approximate surface area is 197 Å². The number of nitrogens with one attached hydrogen (secondary N) is 1. The smallest absolute Gasteiger partial charge is 0.416 e. The number of hydrogen-bond acceptors (Lipinski definition) is 3. The summed E-state index contributed by atoms with van der Waals surface area (Å²) in [6, 6.07) is 11.2. The minimum Gasteiger partial charge on any atom is -0.445 e. The van der Waals surface area contributed by atoms with Crippen molar-refractivity contribution in [2.24, 2.45) is 11.3 Å². The molecule has 180 valence electrons. The molecule has 4 fully saturated rings. The van der Waals surface area contributed by atoms with E-state index in [9.17, 15) is 18.0 Å². The molecule has 4 nitrogen and oxygen atoms in total. The van der Waals surface area contributed by atoms with Crippen molar-refractivity contribution in [3.63, 3.8) is 0 Å². The fourth-order valence-corrected chi connectivity index (χ4v) is 6.24. The molecule has 7 rings (SSSR count). The summed E-state index contributed by atoms with van der Waals surface area (Å²) in [5, 5.41) is 3.21. The topological polar surface area (TPSA) is 41.6 Å². The van der Waals surface area contributed by atoms with Crippen molar-refractivity contribution >= 4 is 6.09 Å². The molecule has 3 heterocycles. The van der Waals surface area contributed by atoms with Gasteiger partial charge in [0.15, 0.2) is 0 Å². The molecule has 2 bridgehead atoms. The molecular weight excluding hydrogens is 441 g/mol. The van der Waals surface area contributed by atoms with Gasteiger partial charge in [0.25, 0.3) is 0 Å². The number of piperidine rings is 3. The number of hydrogen-bond donors (Lipinski definition) is 1. The molecule has 1 N–H and O–H groups in total. The number of rotatable bonds is 3. The van der Waals surface area contributed by atoms with Crippen LogP contribution in [0.15, 0.2) is 42.5 Å². The number of alkyl carbamates (subject to hydrolysis) is 1. The summed E-state index contributed by atoms with van der Waals surface area (Å²) in [6.45, 7) is 3.01. The normalized spacial score (nSPS) is 28.9. The summed E-state index contributed by atoms with van der Waals surface area (Å²) in [5.41, 5.74) is 3.29. The van der Waals surface area contributed by atoms with Crippen LogP contribution in [0, 0.1) is 11.3 Å². The van der Waals surface area contributed by atoms with Gasteiger partial charge in [0.2, 0.25) is 0 Å². The van der Waals surface area contributed by atoms with Crippen LogP contribution in [0.1, 0.15) is 54.8 Å². The second-order valence-corrected chi connectivity index (χ2v) is 10.5. The van der Waals surface area contributed by atoms with Crippen molar-refractivity contribution in [2.75, 3.05) is 19.6 Å². The van der Waals surface area contributed by atoms with E-state index < -0.39 is 11.7 Å². The van der Waals surface area contributed by atoms with E-state index in [1.54, 1.807) is 0 Å². The van der Waals surface area contributed by atoms with Gasteiger partial charge in [-0.05, 0) is 103 Å². The number of halogens is 3. The van der Waals surface area contributed by atoms with Crippen molar-refractivity contribution in [1.82, 2.24) is 10.2 Å². The van der Waals surface area contributed by atoms with Gasteiger partial charge in [-0.15, -0.1) is 0 Å². The molecular formula is C27H29F3N2O2. The highest BCUT2D eigenvalue weighted by molar-refractivity contribution is 5.70. The molecule has 34 heavy (non-hydrogen) atoms. The predicted molar refractivity (Wildman–Crippen MR) is 122 cm³/mol. The standard InChI is InChI=1S/C27H29F3N2O2/c28-27(29,30)21-5-3-17(4-6-21)20-2-1-18-7-10-26(11-12-26)24(22(18)15-20)31-25(33)34-23-16-32-13-8-19(23)9-14-32/h1-6,15,19,23-24H,7-14,16H2,(H,31,33)/t23-,24?/m1/s1. The fourth-order valence-electron chi connectivity index (χ4n) is 6.24. The quantitative estimate of drug-likeness (QED) is 0.602. The zero-order valence-electron chi connectivity index (χ0n) is 19.0. The largest absolute Gasteiger partial charge is 0.445 e. The van der Waals surface area contributed by atoms with Crippen LogP contribution in [0.25, 0.3) is 11.1 Å². The van der Waals surface area contributed by atoms with E-state index in [2.05, 4.69) is 22.3 Å². The Hall–Kier alpha value is -2.54. The Morgan fingerprint density at radius 2 is 1.71 bits per heavy atom. The third kappa shape index (κ3) is 3.98. The molecule has 1 saturated carbocycles. The Morgan fingerprint density at radius 3 is 2.32 bits per heavy atom. The summed E-state index contributed by atoms with van der Waals surface area (Å²) < 4.78 is 44.9. The maximum atomic E-state index is 13.0. The Balaban J connectivity index is 1.24. The number of aryl methyl sites for hydroxylation is 1. The summed E-state index contributed by atoms with van der Waals surface area (Å²) >= 11 is 0. The SMILES string of the molecule is O=C(NC1c2cc(-c3ccc(C(F)(F)F)cc3)ccc2CCC12CC2)O[C@@H]1CN2CCC1CC2. The van der Waals surface area contributed by atoms with Gasteiger partial charge in [0.1, 0.15) is 6.10 Å². The van der Waals surface area contributed by atoms with Crippen LogP contribution in [0.5, 0.6) is 0 Å². The average molecular weight is 471 g/mol. The molecule has 7 heteroatoms. The van der Waals surface area contributed by atoms with E-state index in [-0.39, 0.29) is 23.7 Å². The first-order valence-corrected chi connectivity index (χ1v) is 12.3. The number of benzene rings is 2. The lowest BCUT2D eigenvalue weighted by Crippen LogP contribution is -2.53. The third-order valence-corrected chi connectivity index (χ3v) is 8.52. The summed E-state index contributed by atoms with van der Waals surface area (Å²) in [5.74, 6) is 0.454. The van der Waals surface area contributed by atoms with Gasteiger partial charge in [0.05, 0.1) is 11.6 Å². The average Bonchev–Trinajstić information content (AvgIpc) is 3.61. The van der Waals surface area contributed by atoms with Crippen LogP contribution < -0.4 is 5.32 Å². The van der Waals surface area contributed by atoms with Gasteiger partial charge in [0, 0.05) is 6.54 Å². The molecule has 3 aliphatic heterocycles. The van der Waals surface area contributed by atoms with E-state index >= 15 is 0 Å². The van der Waals surface area contributed by atoms with Gasteiger partial charge >= 0.3 is 12.3 Å². The molecule has 1 unspecified atom stereocenters. The van der Waals surface area contributed by atoms with E-state index in [4.69, 9.17) is 4.74 Å². The van der Waals surface area contributed by atoms with E-state index in [1.807, 2.05) is 6.07 Å². The second-order valence-electron chi connectivity index (χ2n) is 10.5. The Kier molecular flexibility index (Phi) is 5.17. The maximum absolute atomic E-state index is 13.0. The van der Waals surface area contributed by atoms with Crippen LogP contribution in [0.2, 0.25) is 0 Å². The van der Waals surface area contributed by atoms with Crippen LogP contribution in [0.3, 0.4) is 0 Å². The van der Waals surface area contributed by atoms with Crippen LogP contribution >= 0.6 is 0 Å². The number of carbonyl (C=O) groups is 1. The molecule has 2 aliphatic carbocycles. The second kappa shape index (κ2) is 8.01. The monoisotopic (exact) mass is 470 g/mol. The predicted octanol–water partition coefficient (Wildman–Crippen LogP) is 5.96. The number of alkyl halides is 3. The molecule has 0 aromatic heterocycles. The first kappa shape index (κ1) is 22.0. The summed E-state index contributed by atoms with van der Waals surface area (Å²) in [6.07, 6.45) is 1.57. The molecule has 5 aliphatic rings. The lowest BCUT2D eigenvalue weighted by Gasteiger charge is -2.44. The van der Waals surface area contributed by atoms with Crippen LogP contribution in [0.4, 0.5) is 18.0 Å². The highest BCUT2D eigenvalue weighted by Gasteiger charge is 2.53. The molecule has 1 amide bonds. The van der Waals surface area contributed by atoms with E-state index in [1.165, 1.54) is 17.7 Å². The van der Waals surface area contributed by atoms with Crippen molar-refractivity contribution in [1.29, 1.82) is 0 Å². The highest BCUT2D eigenvalue weighted by atomic mass is 19.4. The number of nitrogens with zero attached hydrogens (tertiary/aromatic N) is 1. The third-order valence-electron chi connectivity index (χ3n) is 8.52. The molecule has 2 atom stereocenters. The van der Waals surface area contributed by atoms with Crippen molar-refractivity contribution < 1.29 is 22.7 Å². The minimum absolute atomic E-state index is 0.0424. The van der Waals surface area contributed by atoms with Crippen molar-refractivity contribution in [3.05, 3.63) is 59.2 Å². The van der Waals surface area contributed by atoms with E-state index in [0.717, 1.165) is 87.0 Å². The number of carbonyl (C=O) groups excluding carboxylic acids is 1. The van der Waals surface area contributed by atoms with Gasteiger partial charge in [-0.25, -0.2) is 4.79 Å². The Morgan fingerprint density at radius 1 is 1.00 bits per heavy atom. The van der Waals surface area contributed by atoms with Crippen molar-refractivity contribution in [3.8, 4) is 11.1 Å². The lowest BCUT2D eigenvalue weighted by atomic mass is 9.76. The zero-order valence-corrected chi connectivity index (χ0v) is 19.0. The molecule has 3 saturated heterocycles. The van der Waals surface area contributed by atoms with E-state index in [0.29, 0.717) is 5.92 Å². The lowest BCUT2D eigenvalue weighted by molar-refractivity contribution is -0.137. The summed E-state index contributed by atoms with van der Waals surface area (Å²) in [7, 11) is 0. The molecule has 1 spiro atoms. The molecule has 2 aromatic rings. The Bertz CT molecular complexity index is 1090. The van der Waals surface area contributed by atoms with Gasteiger partial charge in [-0.2, -0.15) is 13.2 Å². The van der Waals surface area contributed by atoms with Crippen LogP contribution in [-0.2, 0) is 17.3 Å². The zero-order chi connectivity index (χ0) is 23.5. The maximum Gasteiger partial charge on any atom is 0.416 e.